The molecule has 1 amide bonds. The highest BCUT2D eigenvalue weighted by molar-refractivity contribution is 7.86. The molecule has 0 aromatic rings. The first-order valence-corrected chi connectivity index (χ1v) is 8.55. The Morgan fingerprint density at radius 1 is 1.45 bits per heavy atom. The normalized spacial score (nSPS) is 28.2. The quantitative estimate of drug-likeness (QED) is 0.689. The van der Waals surface area contributed by atoms with Crippen LogP contribution in [0.25, 0.3) is 0 Å². The first-order valence-electron chi connectivity index (χ1n) is 7.16. The maximum Gasteiger partial charge on any atom is 0.281 e. The average molecular weight is 304 g/mol. The monoisotopic (exact) mass is 304 g/mol. The molecule has 2 fully saturated rings. The van der Waals surface area contributed by atoms with Gasteiger partial charge in [-0.05, 0) is 31.7 Å². The third-order valence-electron chi connectivity index (χ3n) is 4.18. The Balaban J connectivity index is 1.98. The topological polar surface area (TPSA) is 95.7 Å². The molecule has 0 bridgehead atoms. The van der Waals surface area contributed by atoms with Crippen molar-refractivity contribution in [3.63, 3.8) is 0 Å². The molecule has 0 spiro atoms. The summed E-state index contributed by atoms with van der Waals surface area (Å²) in [6.07, 6.45) is 2.62. The van der Waals surface area contributed by atoms with Gasteiger partial charge in [-0.3, -0.25) is 4.79 Å². The number of hydrogen-bond acceptors (Lipinski definition) is 4. The van der Waals surface area contributed by atoms with Crippen molar-refractivity contribution in [1.82, 2.24) is 13.9 Å². The standard InChI is InChI=1S/C12H24N4O3S/c1-15(7-2-6-13)20(18,19)16-8-5-11-10(9-16)3-4-12(17)14-11/h10-11H,2-9,13H2,1H3,(H,14,17). The highest BCUT2D eigenvalue weighted by Gasteiger charge is 2.38. The Bertz CT molecular complexity index is 454. The van der Waals surface area contributed by atoms with Gasteiger partial charge in [0.1, 0.15) is 0 Å². The lowest BCUT2D eigenvalue weighted by atomic mass is 9.86. The molecule has 2 unspecified atom stereocenters. The summed E-state index contributed by atoms with van der Waals surface area (Å²) in [5.74, 6) is 0.321. The van der Waals surface area contributed by atoms with Gasteiger partial charge in [-0.15, -0.1) is 0 Å². The van der Waals surface area contributed by atoms with Gasteiger partial charge in [0.05, 0.1) is 0 Å². The van der Waals surface area contributed by atoms with Crippen LogP contribution in [0.3, 0.4) is 0 Å². The maximum atomic E-state index is 12.5. The Morgan fingerprint density at radius 3 is 2.90 bits per heavy atom. The van der Waals surface area contributed by atoms with Crippen LogP contribution >= 0.6 is 0 Å². The largest absolute Gasteiger partial charge is 0.353 e. The van der Waals surface area contributed by atoms with Crippen LogP contribution in [0.4, 0.5) is 0 Å². The van der Waals surface area contributed by atoms with Crippen molar-refractivity contribution in [2.45, 2.75) is 31.7 Å². The molecule has 8 heteroatoms. The fourth-order valence-electron chi connectivity index (χ4n) is 2.91. The highest BCUT2D eigenvalue weighted by Crippen LogP contribution is 2.27. The number of piperidine rings is 2. The summed E-state index contributed by atoms with van der Waals surface area (Å²) in [6, 6.07) is 0.136. The second-order valence-corrected chi connectivity index (χ2v) is 7.63. The Hall–Kier alpha value is -0.700. The van der Waals surface area contributed by atoms with Gasteiger partial charge in [-0.25, -0.2) is 0 Å². The van der Waals surface area contributed by atoms with E-state index in [9.17, 15) is 13.2 Å². The SMILES string of the molecule is CN(CCCN)S(=O)(=O)N1CCC2NC(=O)CCC2C1. The summed E-state index contributed by atoms with van der Waals surface area (Å²) in [7, 11) is -1.80. The maximum absolute atomic E-state index is 12.5. The smallest absolute Gasteiger partial charge is 0.281 e. The molecule has 2 saturated heterocycles. The van der Waals surface area contributed by atoms with E-state index in [1.807, 2.05) is 0 Å². The molecule has 0 radical (unpaired) electrons. The van der Waals surface area contributed by atoms with E-state index >= 15 is 0 Å². The number of nitrogens with one attached hydrogen (secondary N) is 1. The molecular formula is C12H24N4O3S. The third-order valence-corrected chi connectivity index (χ3v) is 6.14. The summed E-state index contributed by atoms with van der Waals surface area (Å²) >= 11 is 0. The fraction of sp³-hybridized carbons (Fsp3) is 0.917. The van der Waals surface area contributed by atoms with E-state index < -0.39 is 10.2 Å². The summed E-state index contributed by atoms with van der Waals surface area (Å²) in [5.41, 5.74) is 5.42. The predicted octanol–water partition coefficient (Wildman–Crippen LogP) is -0.888. The molecule has 20 heavy (non-hydrogen) atoms. The van der Waals surface area contributed by atoms with Gasteiger partial charge in [0.25, 0.3) is 10.2 Å². The Morgan fingerprint density at radius 2 is 2.20 bits per heavy atom. The van der Waals surface area contributed by atoms with Gasteiger partial charge in [0, 0.05) is 39.1 Å². The summed E-state index contributed by atoms with van der Waals surface area (Å²) in [5, 5.41) is 2.96. The average Bonchev–Trinajstić information content (AvgIpc) is 2.43. The van der Waals surface area contributed by atoms with E-state index in [-0.39, 0.29) is 17.9 Å². The van der Waals surface area contributed by atoms with Crippen LogP contribution in [0.2, 0.25) is 0 Å². The molecule has 7 nitrogen and oxygen atoms in total. The molecular weight excluding hydrogens is 280 g/mol. The van der Waals surface area contributed by atoms with Crippen LogP contribution in [0.5, 0.6) is 0 Å². The lowest BCUT2D eigenvalue weighted by Gasteiger charge is -2.41. The van der Waals surface area contributed by atoms with Crippen LogP contribution < -0.4 is 11.1 Å². The van der Waals surface area contributed by atoms with Crippen molar-refractivity contribution in [3.8, 4) is 0 Å². The van der Waals surface area contributed by atoms with E-state index in [1.165, 1.54) is 4.31 Å². The minimum Gasteiger partial charge on any atom is -0.353 e. The van der Waals surface area contributed by atoms with Crippen molar-refractivity contribution >= 4 is 16.1 Å². The number of carbonyl (C=O) groups is 1. The first-order chi connectivity index (χ1) is 9.45. The minimum absolute atomic E-state index is 0.0858. The molecule has 0 aromatic carbocycles. The van der Waals surface area contributed by atoms with Crippen LogP contribution in [-0.4, -0.2) is 62.2 Å². The van der Waals surface area contributed by atoms with Crippen molar-refractivity contribution in [1.29, 1.82) is 0 Å². The van der Waals surface area contributed by atoms with Crippen molar-refractivity contribution < 1.29 is 13.2 Å². The minimum atomic E-state index is -3.40. The van der Waals surface area contributed by atoms with Crippen LogP contribution in [0.15, 0.2) is 0 Å². The van der Waals surface area contributed by atoms with Gasteiger partial charge in [0.2, 0.25) is 5.91 Å². The highest BCUT2D eigenvalue weighted by atomic mass is 32.2. The molecule has 116 valence electrons. The molecule has 3 N–H and O–H groups in total. The van der Waals surface area contributed by atoms with Crippen molar-refractivity contribution in [2.75, 3.05) is 33.2 Å². The van der Waals surface area contributed by atoms with E-state index in [2.05, 4.69) is 5.32 Å². The number of rotatable bonds is 5. The van der Waals surface area contributed by atoms with Gasteiger partial charge < -0.3 is 11.1 Å². The molecule has 2 atom stereocenters. The number of hydrogen-bond donors (Lipinski definition) is 2. The van der Waals surface area contributed by atoms with E-state index in [0.29, 0.717) is 45.4 Å². The zero-order valence-corrected chi connectivity index (χ0v) is 12.7. The second kappa shape index (κ2) is 6.38. The van der Waals surface area contributed by atoms with Gasteiger partial charge >= 0.3 is 0 Å². The number of nitrogens with two attached hydrogens (primary N) is 1. The lowest BCUT2D eigenvalue weighted by molar-refractivity contribution is -0.124. The van der Waals surface area contributed by atoms with Gasteiger partial charge in [-0.2, -0.15) is 17.0 Å². The molecule has 0 aliphatic carbocycles. The molecule has 2 heterocycles. The number of carbonyl (C=O) groups excluding carboxylic acids is 1. The van der Waals surface area contributed by atoms with Crippen molar-refractivity contribution in [2.24, 2.45) is 11.7 Å². The first kappa shape index (κ1) is 15.7. The zero-order chi connectivity index (χ0) is 14.8. The van der Waals surface area contributed by atoms with E-state index in [4.69, 9.17) is 5.73 Å². The summed E-state index contributed by atoms with van der Waals surface area (Å²) in [4.78, 5) is 11.4. The number of nitrogens with zero attached hydrogens (tertiary/aromatic N) is 2. The third kappa shape index (κ3) is 3.30. The van der Waals surface area contributed by atoms with Gasteiger partial charge in [-0.1, -0.05) is 0 Å². The summed E-state index contributed by atoms with van der Waals surface area (Å²) in [6.45, 7) is 1.90. The van der Waals surface area contributed by atoms with Crippen LogP contribution in [0.1, 0.15) is 25.7 Å². The van der Waals surface area contributed by atoms with Gasteiger partial charge in [0.15, 0.2) is 0 Å². The van der Waals surface area contributed by atoms with Crippen LogP contribution in [0, 0.1) is 5.92 Å². The Kier molecular flexibility index (Phi) is 5.00. The van der Waals surface area contributed by atoms with Crippen molar-refractivity contribution in [3.05, 3.63) is 0 Å². The molecule has 2 aliphatic rings. The van der Waals surface area contributed by atoms with E-state index in [1.54, 1.807) is 11.4 Å². The predicted molar refractivity (Wildman–Crippen MR) is 76.1 cm³/mol. The summed E-state index contributed by atoms with van der Waals surface area (Å²) < 4.78 is 27.8. The molecule has 0 aromatic heterocycles. The molecule has 0 saturated carbocycles. The van der Waals surface area contributed by atoms with E-state index in [0.717, 1.165) is 6.42 Å². The zero-order valence-electron chi connectivity index (χ0n) is 11.9. The number of amides is 1. The van der Waals surface area contributed by atoms with Crippen LogP contribution in [-0.2, 0) is 15.0 Å². The fourth-order valence-corrected chi connectivity index (χ4v) is 4.38. The lowest BCUT2D eigenvalue weighted by Crippen LogP contribution is -2.56. The number of fused-ring (bicyclic) bond motifs is 1. The molecule has 2 rings (SSSR count). The molecule has 2 aliphatic heterocycles. The second-order valence-electron chi connectivity index (χ2n) is 5.59. The Labute approximate surface area is 120 Å².